The van der Waals surface area contributed by atoms with Gasteiger partial charge in [0.2, 0.25) is 0 Å². The molecule has 1 rings (SSSR count). The smallest absolute Gasteiger partial charge is 0.318 e. The van der Waals surface area contributed by atoms with E-state index in [9.17, 15) is 4.79 Å². The second-order valence-electron chi connectivity index (χ2n) is 2.28. The van der Waals surface area contributed by atoms with E-state index in [4.69, 9.17) is 4.74 Å². The number of rotatable bonds is 2. The summed E-state index contributed by atoms with van der Waals surface area (Å²) in [6.07, 6.45) is 1.77. The normalized spacial score (nSPS) is 21.4. The number of hydrogen-bond donors (Lipinski definition) is 0. The first-order valence-electron chi connectivity index (χ1n) is 3.60. The largest absolute Gasteiger partial charge is 0.468 e. The molecule has 0 saturated heterocycles. The van der Waals surface area contributed by atoms with Crippen LogP contribution in [0.2, 0.25) is 0 Å². The fourth-order valence-corrected chi connectivity index (χ4v) is 3.06. The summed E-state index contributed by atoms with van der Waals surface area (Å²) in [6.45, 7) is 0. The van der Waals surface area contributed by atoms with Gasteiger partial charge in [0.05, 0.1) is 7.11 Å². The van der Waals surface area contributed by atoms with Crippen LogP contribution in [0, 0.1) is 5.92 Å². The molecule has 0 aromatic carbocycles. The maximum absolute atomic E-state index is 11.3. The molecule has 0 N–H and O–H groups in total. The number of carbonyl (C=O) groups excluding carboxylic acids is 1. The molecule has 3 nitrogen and oxygen atoms in total. The number of aliphatic imine (C=N–C) groups is 1. The van der Waals surface area contributed by atoms with E-state index in [2.05, 4.69) is 20.9 Å². The molecule has 0 aromatic heterocycles. The average molecular weight is 358 g/mol. The Morgan fingerprint density at radius 1 is 1.85 bits per heavy atom. The van der Waals surface area contributed by atoms with Crippen LogP contribution in [0.25, 0.3) is 0 Å². The molecule has 0 fully saturated rings. The Balaban J connectivity index is 2.87. The third-order valence-electron chi connectivity index (χ3n) is 1.52. The van der Waals surface area contributed by atoms with Gasteiger partial charge in [0.15, 0.2) is 0 Å². The molecule has 0 bridgehead atoms. The van der Waals surface area contributed by atoms with E-state index in [1.165, 1.54) is 7.11 Å². The van der Waals surface area contributed by atoms with Gasteiger partial charge in [-0.1, -0.05) is 36.7 Å². The van der Waals surface area contributed by atoms with Gasteiger partial charge >= 0.3 is 5.97 Å². The molecular weight excluding hydrogens is 349 g/mol. The van der Waals surface area contributed by atoms with Crippen molar-refractivity contribution >= 4 is 52.4 Å². The summed E-state index contributed by atoms with van der Waals surface area (Å²) in [4.78, 5) is 15.5. The lowest BCUT2D eigenvalue weighted by atomic mass is 10.1. The summed E-state index contributed by atoms with van der Waals surface area (Å²) in [5, 5.41) is 0.608. The minimum Gasteiger partial charge on any atom is -0.468 e. The van der Waals surface area contributed by atoms with Gasteiger partial charge in [0.1, 0.15) is 5.92 Å². The van der Waals surface area contributed by atoms with Crippen LogP contribution in [0.4, 0.5) is 0 Å². The van der Waals surface area contributed by atoms with Crippen LogP contribution in [0.3, 0.4) is 0 Å². The zero-order chi connectivity index (χ0) is 9.68. The van der Waals surface area contributed by atoms with Crippen LogP contribution in [0.5, 0.6) is 0 Å². The quantitative estimate of drug-likeness (QED) is 0.430. The Kier molecular flexibility index (Phi) is 4.79. The monoisotopic (exact) mass is 357 g/mol. The fraction of sp³-hybridized carbons (Fsp3) is 0.375. The van der Waals surface area contributed by atoms with Gasteiger partial charge in [0, 0.05) is 17.2 Å². The molecule has 0 spiro atoms. The lowest BCUT2D eigenvalue weighted by Crippen LogP contribution is -2.26. The number of esters is 1. The summed E-state index contributed by atoms with van der Waals surface area (Å²) < 4.78 is 8.72. The van der Waals surface area contributed by atoms with Crippen molar-refractivity contribution in [1.82, 2.24) is 0 Å². The predicted molar refractivity (Wildman–Crippen MR) is 66.0 cm³/mol. The molecule has 5 heteroatoms. The zero-order valence-electron chi connectivity index (χ0n) is 7.04. The molecule has 0 aromatic rings. The SMILES string of the molecule is COC(=O)C1C=IC=CN=C1CBr. The molecule has 72 valence electrons. The van der Waals surface area contributed by atoms with Gasteiger partial charge in [-0.25, -0.2) is 0 Å². The number of carbonyl (C=O) groups is 1. The second kappa shape index (κ2) is 5.64. The molecule has 1 aliphatic rings. The van der Waals surface area contributed by atoms with Crippen LogP contribution < -0.4 is 0 Å². The highest BCUT2D eigenvalue weighted by molar-refractivity contribution is 14.2. The van der Waals surface area contributed by atoms with Gasteiger partial charge in [-0.2, -0.15) is 0 Å². The van der Waals surface area contributed by atoms with E-state index in [-0.39, 0.29) is 32.6 Å². The molecule has 0 radical (unpaired) electrons. The maximum atomic E-state index is 11.3. The number of halogens is 2. The van der Waals surface area contributed by atoms with Crippen molar-refractivity contribution in [2.75, 3.05) is 12.4 Å². The first-order valence-corrected chi connectivity index (χ1v) is 7.21. The third-order valence-corrected chi connectivity index (χ3v) is 3.96. The highest BCUT2D eigenvalue weighted by Gasteiger charge is 2.22. The number of alkyl halides is 1. The molecule has 0 aliphatic carbocycles. The minimum absolute atomic E-state index is 0.168. The highest BCUT2D eigenvalue weighted by atomic mass is 127. The zero-order valence-corrected chi connectivity index (χ0v) is 10.8. The molecule has 0 amide bonds. The first-order chi connectivity index (χ1) is 6.29. The Morgan fingerprint density at radius 3 is 3.23 bits per heavy atom. The van der Waals surface area contributed by atoms with E-state index >= 15 is 0 Å². The van der Waals surface area contributed by atoms with Gasteiger partial charge in [-0.05, 0) is 8.09 Å². The third kappa shape index (κ3) is 2.98. The van der Waals surface area contributed by atoms with Crippen molar-refractivity contribution in [2.45, 2.75) is 0 Å². The molecule has 1 unspecified atom stereocenters. The summed E-state index contributed by atoms with van der Waals surface area (Å²) in [5.41, 5.74) is 0.820. The topological polar surface area (TPSA) is 38.7 Å². The van der Waals surface area contributed by atoms with E-state index in [0.717, 1.165) is 5.71 Å². The lowest BCUT2D eigenvalue weighted by Gasteiger charge is -2.09. The Hall–Kier alpha value is -0.0400. The number of nitrogens with zero attached hydrogens (tertiary/aromatic N) is 1. The van der Waals surface area contributed by atoms with Gasteiger partial charge in [-0.15, -0.1) is 0 Å². The Labute approximate surface area is 95.1 Å². The Bertz CT molecular complexity index is 286. The van der Waals surface area contributed by atoms with Gasteiger partial charge < -0.3 is 4.74 Å². The number of methoxy groups -OCH3 is 1. The van der Waals surface area contributed by atoms with E-state index in [1.54, 1.807) is 6.20 Å². The second-order valence-corrected chi connectivity index (χ2v) is 5.00. The molecule has 1 heterocycles. The highest BCUT2D eigenvalue weighted by Crippen LogP contribution is 2.13. The van der Waals surface area contributed by atoms with E-state index in [1.807, 2.05) is 8.09 Å². The van der Waals surface area contributed by atoms with Crippen molar-refractivity contribution in [2.24, 2.45) is 10.9 Å². The van der Waals surface area contributed by atoms with Crippen LogP contribution in [-0.2, 0) is 9.53 Å². The standard InChI is InChI=1S/C8H9BrINO2/c1-13-8(12)6-5-10-2-3-11-7(6)4-9/h2-3,5-6H,4H2,1H3. The van der Waals surface area contributed by atoms with Crippen LogP contribution in [0.15, 0.2) is 15.3 Å². The van der Waals surface area contributed by atoms with Gasteiger partial charge in [-0.3, -0.25) is 9.79 Å². The van der Waals surface area contributed by atoms with E-state index in [0.29, 0.717) is 5.33 Å². The van der Waals surface area contributed by atoms with Crippen LogP contribution in [0.1, 0.15) is 0 Å². The summed E-state index contributed by atoms with van der Waals surface area (Å²) >= 11 is 3.14. The summed E-state index contributed by atoms with van der Waals surface area (Å²) in [5.74, 6) is -0.478. The molecular formula is C8H9BrINO2. The number of hydrogen-bond acceptors (Lipinski definition) is 3. The predicted octanol–water partition coefficient (Wildman–Crippen LogP) is 1.87. The van der Waals surface area contributed by atoms with Crippen LogP contribution in [-0.4, -0.2) is 28.1 Å². The van der Waals surface area contributed by atoms with Crippen molar-refractivity contribution in [1.29, 1.82) is 0 Å². The van der Waals surface area contributed by atoms with Crippen molar-refractivity contribution in [3.8, 4) is 0 Å². The fourth-order valence-electron chi connectivity index (χ4n) is 0.856. The summed E-state index contributed by atoms with van der Waals surface area (Å²) in [7, 11) is 1.40. The molecule has 1 atom stereocenters. The van der Waals surface area contributed by atoms with Crippen molar-refractivity contribution in [3.63, 3.8) is 0 Å². The van der Waals surface area contributed by atoms with Gasteiger partial charge in [0.25, 0.3) is 0 Å². The van der Waals surface area contributed by atoms with Crippen molar-refractivity contribution < 1.29 is 9.53 Å². The lowest BCUT2D eigenvalue weighted by molar-refractivity contribution is -0.140. The molecule has 13 heavy (non-hydrogen) atoms. The molecule has 1 aliphatic heterocycles. The summed E-state index contributed by atoms with van der Waals surface area (Å²) in [6, 6.07) is 0. The average Bonchev–Trinajstić information content (AvgIpc) is 2.41. The van der Waals surface area contributed by atoms with Crippen molar-refractivity contribution in [3.05, 3.63) is 10.3 Å². The van der Waals surface area contributed by atoms with Crippen LogP contribution >= 0.6 is 36.7 Å². The van der Waals surface area contributed by atoms with E-state index < -0.39 is 0 Å². The Morgan fingerprint density at radius 2 is 2.62 bits per heavy atom. The maximum Gasteiger partial charge on any atom is 0.318 e. The minimum atomic E-state index is -0.257. The molecule has 0 saturated carbocycles. The number of ether oxygens (including phenoxy) is 1. The first kappa shape index (κ1) is 11.0.